The monoisotopic (exact) mass is 311 g/mol. The van der Waals surface area contributed by atoms with E-state index < -0.39 is 23.2 Å². The van der Waals surface area contributed by atoms with Gasteiger partial charge in [-0.2, -0.15) is 0 Å². The average molecular weight is 311 g/mol. The van der Waals surface area contributed by atoms with E-state index in [0.717, 1.165) is 6.07 Å². The van der Waals surface area contributed by atoms with Crippen LogP contribution in [0.5, 0.6) is 0 Å². The van der Waals surface area contributed by atoms with Gasteiger partial charge in [0, 0.05) is 0 Å². The van der Waals surface area contributed by atoms with Crippen molar-refractivity contribution < 1.29 is 23.5 Å². The molecule has 122 valence electrons. The molecule has 0 amide bonds. The van der Waals surface area contributed by atoms with E-state index in [0.29, 0.717) is 12.8 Å². The Morgan fingerprint density at radius 3 is 2.05 bits per heavy atom. The van der Waals surface area contributed by atoms with Gasteiger partial charge in [-0.3, -0.25) is 9.59 Å². The van der Waals surface area contributed by atoms with Gasteiger partial charge in [-0.25, -0.2) is 4.39 Å². The van der Waals surface area contributed by atoms with Crippen LogP contribution in [0.15, 0.2) is 18.2 Å². The van der Waals surface area contributed by atoms with E-state index >= 15 is 0 Å². The van der Waals surface area contributed by atoms with Crippen molar-refractivity contribution in [3.8, 4) is 0 Å². The number of carbonyl (C=O) groups excluding carboxylic acids is 2. The van der Waals surface area contributed by atoms with Crippen LogP contribution in [-0.2, 0) is 24.5 Å². The topological polar surface area (TPSA) is 78.6 Å². The van der Waals surface area contributed by atoms with Gasteiger partial charge in [0.15, 0.2) is 5.41 Å². The Balaban J connectivity index is 3.22. The summed E-state index contributed by atoms with van der Waals surface area (Å²) in [6, 6.07) is 3.80. The van der Waals surface area contributed by atoms with E-state index in [1.54, 1.807) is 0 Å². The number of carbonyl (C=O) groups is 2. The Kier molecular flexibility index (Phi) is 6.34. The summed E-state index contributed by atoms with van der Waals surface area (Å²) in [5.74, 6) is -2.23. The first kappa shape index (κ1) is 17.9. The lowest BCUT2D eigenvalue weighted by molar-refractivity contribution is -0.164. The van der Waals surface area contributed by atoms with Crippen molar-refractivity contribution in [1.82, 2.24) is 0 Å². The van der Waals surface area contributed by atoms with Gasteiger partial charge in [0.05, 0.1) is 18.9 Å². The summed E-state index contributed by atoms with van der Waals surface area (Å²) < 4.78 is 23.9. The van der Waals surface area contributed by atoms with Crippen LogP contribution in [-0.4, -0.2) is 25.2 Å². The average Bonchev–Trinajstić information content (AvgIpc) is 2.51. The molecule has 1 rings (SSSR count). The van der Waals surface area contributed by atoms with Gasteiger partial charge >= 0.3 is 11.9 Å². The summed E-state index contributed by atoms with van der Waals surface area (Å²) in [6.45, 7) is 5.39. The maximum Gasteiger partial charge on any atom is 0.327 e. The normalized spacial score (nSPS) is 11.1. The molecule has 0 radical (unpaired) electrons. The van der Waals surface area contributed by atoms with Crippen LogP contribution in [0.2, 0.25) is 0 Å². The van der Waals surface area contributed by atoms with Gasteiger partial charge in [-0.05, 0) is 37.5 Å². The molecule has 0 aliphatic heterocycles. The minimum absolute atomic E-state index is 0.0602. The first-order valence-electron chi connectivity index (χ1n) is 7.27. The van der Waals surface area contributed by atoms with Crippen molar-refractivity contribution in [3.05, 3.63) is 29.6 Å². The van der Waals surface area contributed by atoms with Gasteiger partial charge in [-0.1, -0.05) is 19.9 Å². The number of hydrogen-bond donors (Lipinski definition) is 1. The van der Waals surface area contributed by atoms with Crippen molar-refractivity contribution in [2.45, 2.75) is 39.0 Å². The number of esters is 2. The summed E-state index contributed by atoms with van der Waals surface area (Å²) >= 11 is 0. The SMILES string of the molecule is CCCOC(=O)C(C)(C(=O)OCCC)c1ccc(N)c(F)c1. The Morgan fingerprint density at radius 1 is 1.14 bits per heavy atom. The molecule has 0 spiro atoms. The first-order valence-corrected chi connectivity index (χ1v) is 7.27. The molecule has 5 nitrogen and oxygen atoms in total. The molecule has 0 unspecified atom stereocenters. The van der Waals surface area contributed by atoms with Crippen molar-refractivity contribution in [2.75, 3.05) is 18.9 Å². The van der Waals surface area contributed by atoms with Crippen LogP contribution >= 0.6 is 0 Å². The lowest BCUT2D eigenvalue weighted by Crippen LogP contribution is -2.43. The molecule has 0 saturated carbocycles. The number of nitrogen functional groups attached to an aromatic ring is 1. The van der Waals surface area contributed by atoms with Crippen LogP contribution in [0.25, 0.3) is 0 Å². The Labute approximate surface area is 129 Å². The summed E-state index contributed by atoms with van der Waals surface area (Å²) in [4.78, 5) is 24.7. The largest absolute Gasteiger partial charge is 0.465 e. The summed E-state index contributed by atoms with van der Waals surface area (Å²) in [5, 5.41) is 0. The third-order valence-corrected chi connectivity index (χ3v) is 3.27. The number of hydrogen-bond acceptors (Lipinski definition) is 5. The third-order valence-electron chi connectivity index (χ3n) is 3.27. The van der Waals surface area contributed by atoms with Crippen LogP contribution in [0, 0.1) is 5.82 Å². The highest BCUT2D eigenvalue weighted by Gasteiger charge is 2.46. The van der Waals surface area contributed by atoms with E-state index in [4.69, 9.17) is 15.2 Å². The number of nitrogens with two attached hydrogens (primary N) is 1. The molecule has 0 heterocycles. The molecule has 0 aliphatic carbocycles. The second kappa shape index (κ2) is 7.77. The fourth-order valence-corrected chi connectivity index (χ4v) is 1.84. The van der Waals surface area contributed by atoms with E-state index in [1.807, 2.05) is 13.8 Å². The molecule has 0 bridgehead atoms. The predicted molar refractivity (Wildman–Crippen MR) is 80.7 cm³/mol. The highest BCUT2D eigenvalue weighted by molar-refractivity contribution is 6.06. The molecule has 2 N–H and O–H groups in total. The highest BCUT2D eigenvalue weighted by Crippen LogP contribution is 2.29. The standard InChI is InChI=1S/C16H22FNO4/c1-4-8-21-14(19)16(3,15(20)22-9-5-2)11-6-7-13(18)12(17)10-11/h6-7,10H,4-5,8-9,18H2,1-3H3. The molecule has 22 heavy (non-hydrogen) atoms. The zero-order chi connectivity index (χ0) is 16.8. The maximum absolute atomic E-state index is 13.7. The van der Waals surface area contributed by atoms with Gasteiger partial charge < -0.3 is 15.2 Å². The van der Waals surface area contributed by atoms with Crippen molar-refractivity contribution in [1.29, 1.82) is 0 Å². The number of ether oxygens (including phenoxy) is 2. The Bertz CT molecular complexity index is 525. The molecule has 1 aromatic rings. The summed E-state index contributed by atoms with van der Waals surface area (Å²) in [6.07, 6.45) is 1.23. The van der Waals surface area contributed by atoms with Crippen molar-refractivity contribution >= 4 is 17.6 Å². The molecule has 0 aliphatic rings. The minimum Gasteiger partial charge on any atom is -0.465 e. The molecular formula is C16H22FNO4. The van der Waals surface area contributed by atoms with E-state index in [1.165, 1.54) is 19.1 Å². The zero-order valence-electron chi connectivity index (χ0n) is 13.1. The maximum atomic E-state index is 13.7. The second-order valence-corrected chi connectivity index (χ2v) is 5.13. The lowest BCUT2D eigenvalue weighted by Gasteiger charge is -2.26. The van der Waals surface area contributed by atoms with Crippen LogP contribution in [0.4, 0.5) is 10.1 Å². The van der Waals surface area contributed by atoms with Crippen LogP contribution < -0.4 is 5.73 Å². The lowest BCUT2D eigenvalue weighted by atomic mass is 9.82. The highest BCUT2D eigenvalue weighted by atomic mass is 19.1. The van der Waals surface area contributed by atoms with Crippen molar-refractivity contribution in [2.24, 2.45) is 0 Å². The zero-order valence-corrected chi connectivity index (χ0v) is 13.1. The fraction of sp³-hybridized carbons (Fsp3) is 0.500. The van der Waals surface area contributed by atoms with E-state index in [2.05, 4.69) is 0 Å². The molecule has 1 aromatic carbocycles. The Morgan fingerprint density at radius 2 is 1.64 bits per heavy atom. The minimum atomic E-state index is -1.72. The third kappa shape index (κ3) is 3.75. The number of anilines is 1. The van der Waals surface area contributed by atoms with Gasteiger partial charge in [0.1, 0.15) is 5.82 Å². The van der Waals surface area contributed by atoms with Gasteiger partial charge in [0.25, 0.3) is 0 Å². The molecule has 0 atom stereocenters. The second-order valence-electron chi connectivity index (χ2n) is 5.13. The number of halogens is 1. The van der Waals surface area contributed by atoms with Gasteiger partial charge in [-0.15, -0.1) is 0 Å². The van der Waals surface area contributed by atoms with Gasteiger partial charge in [0.2, 0.25) is 0 Å². The van der Waals surface area contributed by atoms with E-state index in [9.17, 15) is 14.0 Å². The smallest absolute Gasteiger partial charge is 0.327 e. The summed E-state index contributed by atoms with van der Waals surface area (Å²) in [7, 11) is 0. The predicted octanol–water partition coefficient (Wildman–Crippen LogP) is 2.57. The summed E-state index contributed by atoms with van der Waals surface area (Å²) in [5.41, 5.74) is 3.81. The van der Waals surface area contributed by atoms with Crippen LogP contribution in [0.3, 0.4) is 0 Å². The molecule has 0 saturated heterocycles. The number of rotatable bonds is 7. The first-order chi connectivity index (χ1) is 10.4. The fourth-order valence-electron chi connectivity index (χ4n) is 1.84. The molecule has 0 aromatic heterocycles. The Hall–Kier alpha value is -2.11. The number of benzene rings is 1. The van der Waals surface area contributed by atoms with E-state index in [-0.39, 0.29) is 24.5 Å². The molecular weight excluding hydrogens is 289 g/mol. The molecule has 6 heteroatoms. The quantitative estimate of drug-likeness (QED) is 0.475. The molecule has 0 fully saturated rings. The van der Waals surface area contributed by atoms with Crippen LogP contribution in [0.1, 0.15) is 39.2 Å². The van der Waals surface area contributed by atoms with Crippen molar-refractivity contribution in [3.63, 3.8) is 0 Å².